The number of nitro groups is 1. The minimum atomic E-state index is -3.77. The molecule has 1 atom stereocenters. The molecule has 0 aliphatic rings. The van der Waals surface area contributed by atoms with Gasteiger partial charge in [-0.15, -0.1) is 0 Å². The predicted molar refractivity (Wildman–Crippen MR) is 74.6 cm³/mol. The van der Waals surface area contributed by atoms with Gasteiger partial charge in [-0.05, 0) is 0 Å². The molecule has 0 amide bonds. The molecule has 0 saturated heterocycles. The molecule has 0 aliphatic carbocycles. The Morgan fingerprint density at radius 3 is 2.20 bits per heavy atom. The number of benzene rings is 2. The van der Waals surface area contributed by atoms with Gasteiger partial charge in [-0.2, -0.15) is 0 Å². The van der Waals surface area contributed by atoms with E-state index in [0.29, 0.717) is 4.46 Å². The maximum absolute atomic E-state index is 10.6. The van der Waals surface area contributed by atoms with E-state index in [1.807, 2.05) is 30.3 Å². The SMILES string of the molecule is O=[N+]([O-])c1ccc([Se](O)(Cc2ccccc2)OO)cc1. The number of rotatable bonds is 5. The van der Waals surface area contributed by atoms with Crippen molar-refractivity contribution >= 4 is 23.7 Å². The van der Waals surface area contributed by atoms with Crippen molar-refractivity contribution in [2.75, 3.05) is 0 Å². The van der Waals surface area contributed by atoms with Crippen LogP contribution in [0.1, 0.15) is 5.56 Å². The van der Waals surface area contributed by atoms with Gasteiger partial charge in [-0.25, -0.2) is 0 Å². The molecule has 2 rings (SSSR count). The van der Waals surface area contributed by atoms with Crippen LogP contribution in [-0.2, 0) is 9.29 Å². The molecule has 0 saturated carbocycles. The minimum absolute atomic E-state index is 0.0780. The van der Waals surface area contributed by atoms with E-state index in [9.17, 15) is 14.3 Å². The number of nitro benzene ring substituents is 1. The van der Waals surface area contributed by atoms with Gasteiger partial charge in [0.15, 0.2) is 0 Å². The van der Waals surface area contributed by atoms with Crippen molar-refractivity contribution in [2.24, 2.45) is 0 Å². The summed E-state index contributed by atoms with van der Waals surface area (Å²) in [6.45, 7) is 0. The van der Waals surface area contributed by atoms with E-state index in [0.717, 1.165) is 5.56 Å². The predicted octanol–water partition coefficient (Wildman–Crippen LogP) is 1.51. The summed E-state index contributed by atoms with van der Waals surface area (Å²) in [5.74, 6) is 0. The first-order valence-electron chi connectivity index (χ1n) is 5.70. The Bertz CT molecular complexity index is 589. The first-order chi connectivity index (χ1) is 9.55. The van der Waals surface area contributed by atoms with Gasteiger partial charge in [0, 0.05) is 0 Å². The fraction of sp³-hybridized carbons (Fsp3) is 0.0769. The molecule has 2 aromatic carbocycles. The average Bonchev–Trinajstić information content (AvgIpc) is 2.48. The van der Waals surface area contributed by atoms with Crippen LogP contribution in [0.15, 0.2) is 54.6 Å². The topological polar surface area (TPSA) is 92.8 Å². The number of nitrogens with zero attached hydrogens (tertiary/aromatic N) is 1. The molecule has 0 aromatic heterocycles. The number of non-ortho nitro benzene ring substituents is 1. The average molecular weight is 342 g/mol. The van der Waals surface area contributed by atoms with Gasteiger partial charge in [0.05, 0.1) is 0 Å². The molecule has 0 aliphatic heterocycles. The molecule has 106 valence electrons. The Morgan fingerprint density at radius 1 is 1.10 bits per heavy atom. The van der Waals surface area contributed by atoms with Crippen LogP contribution in [0.25, 0.3) is 0 Å². The third-order valence-corrected chi connectivity index (χ3v) is 6.90. The molecule has 6 nitrogen and oxygen atoms in total. The van der Waals surface area contributed by atoms with Crippen molar-refractivity contribution in [3.05, 3.63) is 70.3 Å². The number of hydrogen-bond acceptors (Lipinski definition) is 5. The molecule has 2 aromatic rings. The summed E-state index contributed by atoms with van der Waals surface area (Å²) in [6.07, 6.45) is 0. The van der Waals surface area contributed by atoms with Gasteiger partial charge in [-0.3, -0.25) is 0 Å². The summed E-state index contributed by atoms with van der Waals surface area (Å²) in [5, 5.41) is 19.8. The summed E-state index contributed by atoms with van der Waals surface area (Å²) < 4.78 is 15.2. The molecular formula is C13H13NO5Se. The Morgan fingerprint density at radius 2 is 1.70 bits per heavy atom. The second kappa shape index (κ2) is 6.13. The van der Waals surface area contributed by atoms with E-state index in [-0.39, 0.29) is 11.0 Å². The van der Waals surface area contributed by atoms with E-state index >= 15 is 0 Å². The van der Waals surface area contributed by atoms with E-state index in [1.165, 1.54) is 24.3 Å². The van der Waals surface area contributed by atoms with Crippen LogP contribution in [0.3, 0.4) is 0 Å². The van der Waals surface area contributed by atoms with Crippen molar-refractivity contribution in [3.8, 4) is 0 Å². The van der Waals surface area contributed by atoms with Crippen molar-refractivity contribution in [1.29, 1.82) is 0 Å². The van der Waals surface area contributed by atoms with Gasteiger partial charge >= 0.3 is 118 Å². The van der Waals surface area contributed by atoms with Crippen LogP contribution in [-0.4, -0.2) is 27.9 Å². The van der Waals surface area contributed by atoms with E-state index in [2.05, 4.69) is 3.97 Å². The fourth-order valence-corrected chi connectivity index (χ4v) is 4.90. The molecule has 0 bridgehead atoms. The molecule has 0 heterocycles. The van der Waals surface area contributed by atoms with Crippen molar-refractivity contribution < 1.29 is 18.3 Å². The van der Waals surface area contributed by atoms with E-state index in [1.54, 1.807) is 0 Å². The molecule has 0 fully saturated rings. The summed E-state index contributed by atoms with van der Waals surface area (Å²) in [4.78, 5) is 10.1. The van der Waals surface area contributed by atoms with Crippen molar-refractivity contribution in [1.82, 2.24) is 0 Å². The summed E-state index contributed by atoms with van der Waals surface area (Å²) in [5.41, 5.74) is 0.744. The van der Waals surface area contributed by atoms with Crippen LogP contribution in [0.5, 0.6) is 0 Å². The van der Waals surface area contributed by atoms with E-state index in [4.69, 9.17) is 5.26 Å². The van der Waals surface area contributed by atoms with E-state index < -0.39 is 18.4 Å². The van der Waals surface area contributed by atoms with Crippen molar-refractivity contribution in [2.45, 2.75) is 5.32 Å². The van der Waals surface area contributed by atoms with Gasteiger partial charge in [0.1, 0.15) is 0 Å². The zero-order chi connectivity index (χ0) is 14.6. The Hall–Kier alpha value is -1.76. The fourth-order valence-electron chi connectivity index (χ4n) is 1.73. The summed E-state index contributed by atoms with van der Waals surface area (Å²) in [6, 6.07) is 14.5. The Labute approximate surface area is 118 Å². The zero-order valence-corrected chi connectivity index (χ0v) is 12.1. The van der Waals surface area contributed by atoms with Gasteiger partial charge in [0.25, 0.3) is 0 Å². The Balaban J connectivity index is 2.28. The zero-order valence-electron chi connectivity index (χ0n) is 10.4. The first kappa shape index (κ1) is 14.6. The first-order valence-corrected chi connectivity index (χ1v) is 9.23. The van der Waals surface area contributed by atoms with Crippen LogP contribution in [0.2, 0.25) is 0 Å². The second-order valence-corrected chi connectivity index (χ2v) is 8.69. The van der Waals surface area contributed by atoms with Crippen LogP contribution < -0.4 is 4.46 Å². The molecule has 7 heteroatoms. The summed E-state index contributed by atoms with van der Waals surface area (Å²) >= 11 is -3.77. The molecule has 20 heavy (non-hydrogen) atoms. The van der Waals surface area contributed by atoms with Crippen molar-refractivity contribution in [3.63, 3.8) is 0 Å². The molecule has 1 unspecified atom stereocenters. The Kier molecular flexibility index (Phi) is 4.49. The van der Waals surface area contributed by atoms with Gasteiger partial charge < -0.3 is 0 Å². The quantitative estimate of drug-likeness (QED) is 0.372. The monoisotopic (exact) mass is 343 g/mol. The normalized spacial score (nSPS) is 15.3. The van der Waals surface area contributed by atoms with Crippen LogP contribution in [0, 0.1) is 10.1 Å². The molecule has 0 spiro atoms. The second-order valence-electron chi connectivity index (χ2n) is 4.10. The molecule has 0 radical (unpaired) electrons. The van der Waals surface area contributed by atoms with Crippen LogP contribution in [0.4, 0.5) is 5.69 Å². The molecular weight excluding hydrogens is 329 g/mol. The van der Waals surface area contributed by atoms with Gasteiger partial charge in [0.2, 0.25) is 0 Å². The third-order valence-electron chi connectivity index (χ3n) is 2.74. The van der Waals surface area contributed by atoms with Crippen LogP contribution >= 0.6 is 0 Å². The maximum atomic E-state index is 10.6. The molecule has 2 N–H and O–H groups in total. The number of hydrogen-bond donors (Lipinski definition) is 2. The third kappa shape index (κ3) is 3.22. The van der Waals surface area contributed by atoms with Gasteiger partial charge in [-0.1, -0.05) is 0 Å². The standard InChI is InChI=1S/C13H13NO5Se/c15-14(16)12-6-8-13(9-7-12)20(18,19-17)10-11-4-2-1-3-5-11/h1-9,17-18H,10H2. The summed E-state index contributed by atoms with van der Waals surface area (Å²) in [7, 11) is 0.